The van der Waals surface area contributed by atoms with E-state index in [1.54, 1.807) is 12.4 Å². The van der Waals surface area contributed by atoms with Crippen LogP contribution in [0.1, 0.15) is 5.56 Å². The third-order valence-electron chi connectivity index (χ3n) is 3.49. The lowest BCUT2D eigenvalue weighted by molar-refractivity contribution is 1.00. The van der Waals surface area contributed by atoms with Crippen molar-refractivity contribution >= 4 is 11.8 Å². The van der Waals surface area contributed by atoms with Gasteiger partial charge in [0.2, 0.25) is 5.95 Å². The number of pyridine rings is 1. The lowest BCUT2D eigenvalue weighted by Gasteiger charge is -2.10. The molecule has 3 aromatic rings. The normalized spacial score (nSPS) is 10.3. The van der Waals surface area contributed by atoms with Crippen molar-refractivity contribution < 1.29 is 0 Å². The Bertz CT molecular complexity index is 744. The second-order valence-corrected chi connectivity index (χ2v) is 5.11. The Morgan fingerprint density at radius 3 is 2.48 bits per heavy atom. The zero-order valence-corrected chi connectivity index (χ0v) is 13.0. The van der Waals surface area contributed by atoms with E-state index in [9.17, 15) is 0 Å². The summed E-state index contributed by atoms with van der Waals surface area (Å²) in [5.74, 6) is 1.41. The van der Waals surface area contributed by atoms with E-state index < -0.39 is 0 Å². The fourth-order valence-corrected chi connectivity index (χ4v) is 2.30. The average Bonchev–Trinajstić information content (AvgIpc) is 2.63. The minimum absolute atomic E-state index is 0.599. The molecule has 5 heteroatoms. The molecule has 3 rings (SSSR count). The van der Waals surface area contributed by atoms with E-state index in [0.29, 0.717) is 5.95 Å². The number of nitrogens with zero attached hydrogens (tertiary/aromatic N) is 3. The molecule has 2 aromatic heterocycles. The Kier molecular flexibility index (Phi) is 4.79. The summed E-state index contributed by atoms with van der Waals surface area (Å²) in [6.07, 6.45) is 4.47. The number of aromatic nitrogens is 3. The van der Waals surface area contributed by atoms with Crippen molar-refractivity contribution in [2.75, 3.05) is 24.2 Å². The first-order chi connectivity index (χ1) is 11.3. The molecule has 0 atom stereocenters. The smallest absolute Gasteiger partial charge is 0.224 e. The Labute approximate surface area is 135 Å². The summed E-state index contributed by atoms with van der Waals surface area (Å²) in [6.45, 7) is 0.819. The first-order valence-electron chi connectivity index (χ1n) is 7.60. The lowest BCUT2D eigenvalue weighted by Crippen LogP contribution is -2.08. The van der Waals surface area contributed by atoms with Crippen molar-refractivity contribution in [1.29, 1.82) is 0 Å². The third kappa shape index (κ3) is 4.03. The van der Waals surface area contributed by atoms with Crippen LogP contribution in [0.5, 0.6) is 0 Å². The highest BCUT2D eigenvalue weighted by atomic mass is 15.1. The molecule has 0 unspecified atom stereocenters. The van der Waals surface area contributed by atoms with Gasteiger partial charge in [0.1, 0.15) is 5.82 Å². The van der Waals surface area contributed by atoms with Crippen molar-refractivity contribution in [1.82, 2.24) is 15.0 Å². The molecule has 0 bridgehead atoms. The lowest BCUT2D eigenvalue weighted by atomic mass is 10.1. The fourth-order valence-electron chi connectivity index (χ4n) is 2.30. The zero-order valence-electron chi connectivity index (χ0n) is 13.0. The van der Waals surface area contributed by atoms with Crippen LogP contribution in [0, 0.1) is 0 Å². The van der Waals surface area contributed by atoms with Crippen LogP contribution < -0.4 is 10.6 Å². The molecule has 0 radical (unpaired) electrons. The quantitative estimate of drug-likeness (QED) is 0.732. The zero-order chi connectivity index (χ0) is 15.9. The van der Waals surface area contributed by atoms with Crippen LogP contribution in [0.25, 0.3) is 11.3 Å². The first kappa shape index (κ1) is 15.0. The molecule has 0 aliphatic rings. The predicted molar refractivity (Wildman–Crippen MR) is 93.4 cm³/mol. The van der Waals surface area contributed by atoms with Gasteiger partial charge in [0.25, 0.3) is 0 Å². The van der Waals surface area contributed by atoms with E-state index in [4.69, 9.17) is 0 Å². The maximum atomic E-state index is 4.50. The summed E-state index contributed by atoms with van der Waals surface area (Å²) < 4.78 is 0. The average molecular weight is 305 g/mol. The molecule has 23 heavy (non-hydrogen) atoms. The molecule has 0 aliphatic heterocycles. The van der Waals surface area contributed by atoms with Crippen LogP contribution in [-0.2, 0) is 6.42 Å². The topological polar surface area (TPSA) is 62.7 Å². The van der Waals surface area contributed by atoms with Gasteiger partial charge in [-0.25, -0.2) is 4.98 Å². The van der Waals surface area contributed by atoms with Gasteiger partial charge < -0.3 is 10.6 Å². The Hall–Kier alpha value is -2.95. The van der Waals surface area contributed by atoms with Gasteiger partial charge in [0.15, 0.2) is 0 Å². The molecule has 1 aromatic carbocycles. The van der Waals surface area contributed by atoms with Crippen LogP contribution >= 0.6 is 0 Å². The summed E-state index contributed by atoms with van der Waals surface area (Å²) in [4.78, 5) is 13.0. The third-order valence-corrected chi connectivity index (χ3v) is 3.49. The molecule has 0 saturated heterocycles. The van der Waals surface area contributed by atoms with Crippen LogP contribution in [0.3, 0.4) is 0 Å². The van der Waals surface area contributed by atoms with E-state index in [2.05, 4.69) is 49.9 Å². The van der Waals surface area contributed by atoms with Gasteiger partial charge in [-0.2, -0.15) is 4.98 Å². The van der Waals surface area contributed by atoms with E-state index >= 15 is 0 Å². The molecule has 0 saturated carbocycles. The van der Waals surface area contributed by atoms with Gasteiger partial charge in [0.05, 0.1) is 5.69 Å². The van der Waals surface area contributed by atoms with Gasteiger partial charge in [-0.1, -0.05) is 30.3 Å². The Morgan fingerprint density at radius 2 is 1.74 bits per heavy atom. The second kappa shape index (κ2) is 7.35. The predicted octanol–water partition coefficient (Wildman–Crippen LogP) is 3.23. The fraction of sp³-hybridized carbons (Fsp3) is 0.167. The summed E-state index contributed by atoms with van der Waals surface area (Å²) >= 11 is 0. The number of rotatable bonds is 6. The second-order valence-electron chi connectivity index (χ2n) is 5.11. The Morgan fingerprint density at radius 1 is 0.957 bits per heavy atom. The molecular weight excluding hydrogens is 286 g/mol. The van der Waals surface area contributed by atoms with E-state index in [1.165, 1.54) is 5.56 Å². The Balaban J connectivity index is 1.74. The standard InChI is InChI=1S/C18H19N5/c1-19-18-22-16(15-8-10-20-11-9-15)13-17(23-18)21-12-7-14-5-3-2-4-6-14/h2-6,8-11,13H,7,12H2,1H3,(H2,19,21,22,23). The minimum Gasteiger partial charge on any atom is -0.370 e. The summed E-state index contributed by atoms with van der Waals surface area (Å²) in [7, 11) is 1.82. The van der Waals surface area contributed by atoms with Crippen LogP contribution in [0.4, 0.5) is 11.8 Å². The van der Waals surface area contributed by atoms with Crippen molar-refractivity contribution in [2.24, 2.45) is 0 Å². The highest BCUT2D eigenvalue weighted by Crippen LogP contribution is 2.20. The molecule has 116 valence electrons. The number of anilines is 2. The summed E-state index contributed by atoms with van der Waals surface area (Å²) in [5.41, 5.74) is 3.19. The van der Waals surface area contributed by atoms with Crippen LogP contribution in [0.15, 0.2) is 60.9 Å². The molecule has 0 spiro atoms. The minimum atomic E-state index is 0.599. The molecule has 0 aliphatic carbocycles. The molecule has 2 N–H and O–H groups in total. The van der Waals surface area contributed by atoms with E-state index in [1.807, 2.05) is 31.3 Å². The highest BCUT2D eigenvalue weighted by Gasteiger charge is 2.05. The molecular formula is C18H19N5. The van der Waals surface area contributed by atoms with E-state index in [-0.39, 0.29) is 0 Å². The monoisotopic (exact) mass is 305 g/mol. The van der Waals surface area contributed by atoms with Gasteiger partial charge in [-0.05, 0) is 24.1 Å². The highest BCUT2D eigenvalue weighted by molar-refractivity contribution is 5.63. The molecule has 0 amide bonds. The van der Waals surface area contributed by atoms with Crippen LogP contribution in [-0.4, -0.2) is 28.5 Å². The largest absolute Gasteiger partial charge is 0.370 e. The molecule has 0 fully saturated rings. The van der Waals surface area contributed by atoms with Crippen molar-refractivity contribution in [3.8, 4) is 11.3 Å². The maximum Gasteiger partial charge on any atom is 0.224 e. The van der Waals surface area contributed by atoms with Crippen molar-refractivity contribution in [2.45, 2.75) is 6.42 Å². The number of hydrogen-bond acceptors (Lipinski definition) is 5. The molecule has 5 nitrogen and oxygen atoms in total. The maximum absolute atomic E-state index is 4.50. The first-order valence-corrected chi connectivity index (χ1v) is 7.60. The van der Waals surface area contributed by atoms with E-state index in [0.717, 1.165) is 30.0 Å². The number of benzene rings is 1. The van der Waals surface area contributed by atoms with Crippen LogP contribution in [0.2, 0.25) is 0 Å². The van der Waals surface area contributed by atoms with Gasteiger partial charge in [-0.3, -0.25) is 4.98 Å². The number of nitrogens with one attached hydrogen (secondary N) is 2. The van der Waals surface area contributed by atoms with Gasteiger partial charge in [-0.15, -0.1) is 0 Å². The van der Waals surface area contributed by atoms with Gasteiger partial charge >= 0.3 is 0 Å². The summed E-state index contributed by atoms with van der Waals surface area (Å²) in [5, 5.41) is 6.38. The van der Waals surface area contributed by atoms with Crippen molar-refractivity contribution in [3.05, 3.63) is 66.5 Å². The SMILES string of the molecule is CNc1nc(NCCc2ccccc2)cc(-c2ccncc2)n1. The number of hydrogen-bond donors (Lipinski definition) is 2. The molecule has 2 heterocycles. The van der Waals surface area contributed by atoms with Crippen molar-refractivity contribution in [3.63, 3.8) is 0 Å². The summed E-state index contributed by atoms with van der Waals surface area (Å²) in [6, 6.07) is 16.2. The van der Waals surface area contributed by atoms with Gasteiger partial charge in [0, 0.05) is 37.6 Å².